The summed E-state index contributed by atoms with van der Waals surface area (Å²) in [5.74, 6) is 2.84. The number of thioether (sulfide) groups is 1. The van der Waals surface area contributed by atoms with E-state index in [1.165, 1.54) is 18.2 Å². The van der Waals surface area contributed by atoms with E-state index in [2.05, 4.69) is 21.8 Å². The zero-order chi connectivity index (χ0) is 21.8. The number of nitrogens with two attached hydrogens (primary N) is 2. The molecule has 3 heterocycles. The number of aryl methyl sites for hydroxylation is 1. The molecule has 1 aliphatic heterocycles. The molecule has 1 fully saturated rings. The third-order valence-corrected chi connectivity index (χ3v) is 6.92. The first-order valence-electron chi connectivity index (χ1n) is 10.0. The van der Waals surface area contributed by atoms with Crippen LogP contribution in [0.1, 0.15) is 17.0 Å². The van der Waals surface area contributed by atoms with E-state index < -0.39 is 0 Å². The summed E-state index contributed by atoms with van der Waals surface area (Å²) in [6, 6.07) is 7.50. The minimum atomic E-state index is 0.366. The molecule has 2 aromatic heterocycles. The number of methoxy groups -OCH3 is 1. The zero-order valence-corrected chi connectivity index (χ0v) is 19.3. The number of ether oxygens (including phenoxy) is 2. The number of benzene rings is 1. The van der Waals surface area contributed by atoms with Crippen LogP contribution >= 0.6 is 23.1 Å². The van der Waals surface area contributed by atoms with Gasteiger partial charge >= 0.3 is 0 Å². The average molecular weight is 459 g/mol. The highest BCUT2D eigenvalue weighted by atomic mass is 32.2. The quantitative estimate of drug-likeness (QED) is 0.368. The summed E-state index contributed by atoms with van der Waals surface area (Å²) in [6.45, 7) is 5.96. The topological polar surface area (TPSA) is 112 Å². The van der Waals surface area contributed by atoms with Gasteiger partial charge in [0.15, 0.2) is 16.7 Å². The van der Waals surface area contributed by atoms with Gasteiger partial charge in [0, 0.05) is 28.8 Å². The van der Waals surface area contributed by atoms with Crippen molar-refractivity contribution in [2.45, 2.75) is 24.3 Å². The minimum Gasteiger partial charge on any atom is -0.493 e. The van der Waals surface area contributed by atoms with Gasteiger partial charge in [-0.2, -0.15) is 0 Å². The molecule has 0 amide bonds. The first-order chi connectivity index (χ1) is 15.0. The molecule has 0 spiro atoms. The Morgan fingerprint density at radius 3 is 2.55 bits per heavy atom. The molecule has 0 bridgehead atoms. The lowest BCUT2D eigenvalue weighted by Gasteiger charge is -2.30. The smallest absolute Gasteiger partial charge is 0.191 e. The van der Waals surface area contributed by atoms with Gasteiger partial charge in [0.1, 0.15) is 23.3 Å². The molecule has 3 aromatic rings. The van der Waals surface area contributed by atoms with E-state index in [0.29, 0.717) is 29.2 Å². The summed E-state index contributed by atoms with van der Waals surface area (Å²) >= 11 is 3.12. The lowest BCUT2D eigenvalue weighted by Crippen LogP contribution is -2.39. The summed E-state index contributed by atoms with van der Waals surface area (Å²) in [5.41, 5.74) is 13.5. The summed E-state index contributed by atoms with van der Waals surface area (Å²) in [7, 11) is 1.66. The van der Waals surface area contributed by atoms with Crippen molar-refractivity contribution >= 4 is 34.7 Å². The summed E-state index contributed by atoms with van der Waals surface area (Å²) < 4.78 is 11.5. The van der Waals surface area contributed by atoms with Crippen LogP contribution in [0.3, 0.4) is 0 Å². The third kappa shape index (κ3) is 5.38. The SMILES string of the molecule is COc1ccc(-c2nc(CSc3nc(N)cc(N)n3)c(C)s2)cc1OCCN1CCC1. The molecule has 4 rings (SSSR count). The van der Waals surface area contributed by atoms with Crippen LogP contribution in [0.5, 0.6) is 11.5 Å². The van der Waals surface area contributed by atoms with Crippen molar-refractivity contribution in [3.8, 4) is 22.1 Å². The van der Waals surface area contributed by atoms with Crippen molar-refractivity contribution in [3.05, 3.63) is 34.8 Å². The number of rotatable bonds is 9. The molecule has 10 heteroatoms. The largest absolute Gasteiger partial charge is 0.493 e. The highest BCUT2D eigenvalue weighted by Crippen LogP contribution is 2.36. The Hall–Kier alpha value is -2.56. The predicted octanol–water partition coefficient (Wildman–Crippen LogP) is 3.46. The Morgan fingerprint density at radius 2 is 1.87 bits per heavy atom. The van der Waals surface area contributed by atoms with Crippen LogP contribution in [-0.2, 0) is 5.75 Å². The Morgan fingerprint density at radius 1 is 1.10 bits per heavy atom. The minimum absolute atomic E-state index is 0.366. The predicted molar refractivity (Wildman–Crippen MR) is 126 cm³/mol. The lowest BCUT2D eigenvalue weighted by molar-refractivity contribution is 0.145. The van der Waals surface area contributed by atoms with Crippen LogP contribution in [0.2, 0.25) is 0 Å². The number of hydrogen-bond acceptors (Lipinski definition) is 10. The van der Waals surface area contributed by atoms with Crippen molar-refractivity contribution in [2.24, 2.45) is 0 Å². The molecule has 0 unspecified atom stereocenters. The number of anilines is 2. The molecule has 1 aliphatic rings. The average Bonchev–Trinajstić information content (AvgIpc) is 3.08. The van der Waals surface area contributed by atoms with Crippen LogP contribution in [0.4, 0.5) is 11.6 Å². The monoisotopic (exact) mass is 458 g/mol. The van der Waals surface area contributed by atoms with E-state index in [0.717, 1.165) is 52.3 Å². The number of likely N-dealkylation sites (tertiary alicyclic amines) is 1. The summed E-state index contributed by atoms with van der Waals surface area (Å²) in [4.78, 5) is 16.8. The molecule has 8 nitrogen and oxygen atoms in total. The molecule has 1 saturated heterocycles. The Balaban J connectivity index is 1.46. The fourth-order valence-electron chi connectivity index (χ4n) is 3.16. The standard InChI is InChI=1S/C21H26N6O2S2/c1-13-15(12-30-21-25-18(22)11-19(23)26-21)24-20(31-13)14-4-5-16(28-2)17(10-14)29-9-8-27-6-3-7-27/h4-5,10-11H,3,6-9,12H2,1-2H3,(H4,22,23,25,26). The molecule has 0 atom stereocenters. The van der Waals surface area contributed by atoms with Gasteiger partial charge in [-0.3, -0.25) is 4.90 Å². The van der Waals surface area contributed by atoms with Gasteiger partial charge in [-0.1, -0.05) is 11.8 Å². The van der Waals surface area contributed by atoms with Gasteiger partial charge in [-0.05, 0) is 44.6 Å². The van der Waals surface area contributed by atoms with Gasteiger partial charge < -0.3 is 20.9 Å². The first kappa shape index (κ1) is 21.7. The third-order valence-electron chi connectivity index (χ3n) is 5.00. The second kappa shape index (κ2) is 9.71. The first-order valence-corrected chi connectivity index (χ1v) is 11.8. The number of thiazole rings is 1. The van der Waals surface area contributed by atoms with Gasteiger partial charge in [-0.25, -0.2) is 15.0 Å². The normalized spacial score (nSPS) is 13.7. The van der Waals surface area contributed by atoms with E-state index in [4.69, 9.17) is 25.9 Å². The van der Waals surface area contributed by atoms with Crippen molar-refractivity contribution in [1.82, 2.24) is 19.9 Å². The molecule has 0 aliphatic carbocycles. The van der Waals surface area contributed by atoms with E-state index in [9.17, 15) is 0 Å². The maximum atomic E-state index is 6.03. The summed E-state index contributed by atoms with van der Waals surface area (Å²) in [5, 5.41) is 1.49. The number of aromatic nitrogens is 3. The van der Waals surface area contributed by atoms with E-state index >= 15 is 0 Å². The molecule has 4 N–H and O–H groups in total. The Labute approximate surface area is 190 Å². The number of nitrogen functional groups attached to an aromatic ring is 2. The lowest BCUT2D eigenvalue weighted by atomic mass is 10.2. The molecule has 1 aromatic carbocycles. The highest BCUT2D eigenvalue weighted by molar-refractivity contribution is 7.98. The molecular weight excluding hydrogens is 432 g/mol. The van der Waals surface area contributed by atoms with Crippen LogP contribution in [0.25, 0.3) is 10.6 Å². The van der Waals surface area contributed by atoms with Gasteiger partial charge in [0.25, 0.3) is 0 Å². The molecule has 31 heavy (non-hydrogen) atoms. The Bertz CT molecular complexity index is 1030. The van der Waals surface area contributed by atoms with Crippen molar-refractivity contribution < 1.29 is 9.47 Å². The second-order valence-corrected chi connectivity index (χ2v) is 9.37. The molecule has 0 radical (unpaired) electrons. The maximum Gasteiger partial charge on any atom is 0.191 e. The van der Waals surface area contributed by atoms with Crippen LogP contribution < -0.4 is 20.9 Å². The van der Waals surface area contributed by atoms with Crippen LogP contribution in [-0.4, -0.2) is 53.2 Å². The number of nitrogens with zero attached hydrogens (tertiary/aromatic N) is 4. The summed E-state index contributed by atoms with van der Waals surface area (Å²) in [6.07, 6.45) is 1.28. The molecule has 0 saturated carbocycles. The fraction of sp³-hybridized carbons (Fsp3) is 0.381. The molecule has 164 valence electrons. The second-order valence-electron chi connectivity index (χ2n) is 7.22. The van der Waals surface area contributed by atoms with Crippen molar-refractivity contribution in [1.29, 1.82) is 0 Å². The maximum absolute atomic E-state index is 6.03. The van der Waals surface area contributed by atoms with Gasteiger partial charge in [0.05, 0.1) is 12.8 Å². The Kier molecular flexibility index (Phi) is 6.79. The highest BCUT2D eigenvalue weighted by Gasteiger charge is 2.16. The van der Waals surface area contributed by atoms with E-state index in [1.54, 1.807) is 24.5 Å². The van der Waals surface area contributed by atoms with E-state index in [-0.39, 0.29) is 0 Å². The fourth-order valence-corrected chi connectivity index (χ4v) is 5.06. The van der Waals surface area contributed by atoms with E-state index in [1.807, 2.05) is 18.2 Å². The van der Waals surface area contributed by atoms with Crippen molar-refractivity contribution in [2.75, 3.05) is 44.8 Å². The van der Waals surface area contributed by atoms with Crippen molar-refractivity contribution in [3.63, 3.8) is 0 Å². The van der Waals surface area contributed by atoms with Crippen LogP contribution in [0.15, 0.2) is 29.4 Å². The van der Waals surface area contributed by atoms with Crippen LogP contribution in [0, 0.1) is 6.92 Å². The molecular formula is C21H26N6O2S2. The number of hydrogen-bond donors (Lipinski definition) is 2. The zero-order valence-electron chi connectivity index (χ0n) is 17.6. The van der Waals surface area contributed by atoms with Gasteiger partial charge in [-0.15, -0.1) is 11.3 Å². The van der Waals surface area contributed by atoms with Gasteiger partial charge in [0.2, 0.25) is 0 Å².